The molecule has 1 aromatic carbocycles. The lowest BCUT2D eigenvalue weighted by Crippen LogP contribution is -2.20. The summed E-state index contributed by atoms with van der Waals surface area (Å²) in [4.78, 5) is 11.7. The van der Waals surface area contributed by atoms with Gasteiger partial charge in [0.2, 0.25) is 0 Å². The van der Waals surface area contributed by atoms with Gasteiger partial charge in [-0.1, -0.05) is 24.8 Å². The van der Waals surface area contributed by atoms with Crippen molar-refractivity contribution < 1.29 is 9.21 Å². The van der Waals surface area contributed by atoms with E-state index in [1.807, 2.05) is 24.3 Å². The predicted molar refractivity (Wildman–Crippen MR) is 58.5 cm³/mol. The summed E-state index contributed by atoms with van der Waals surface area (Å²) >= 11 is 0. The molecular weight excluding hydrogens is 190 g/mol. The number of rotatable bonds is 2. The summed E-state index contributed by atoms with van der Waals surface area (Å²) in [6.07, 6.45) is 1.46. The number of hydrogen-bond donors (Lipinski definition) is 1. The number of benzene rings is 1. The van der Waals surface area contributed by atoms with Gasteiger partial charge >= 0.3 is 0 Å². The lowest BCUT2D eigenvalue weighted by molar-refractivity contribution is 0.0967. The molecule has 3 heteroatoms. The molecule has 0 spiro atoms. The van der Waals surface area contributed by atoms with Crippen molar-refractivity contribution in [3.63, 3.8) is 0 Å². The van der Waals surface area contributed by atoms with Gasteiger partial charge in [0.1, 0.15) is 11.8 Å². The quantitative estimate of drug-likeness (QED) is 0.811. The zero-order chi connectivity index (χ0) is 10.8. The van der Waals surface area contributed by atoms with Gasteiger partial charge in [0.15, 0.2) is 0 Å². The molecular formula is C12H11NO2. The number of hydrogen-bond acceptors (Lipinski definition) is 2. The van der Waals surface area contributed by atoms with Crippen LogP contribution in [0, 0.1) is 0 Å². The van der Waals surface area contributed by atoms with Gasteiger partial charge in [0.25, 0.3) is 5.91 Å². The number of para-hydroxylation sites is 1. The highest BCUT2D eigenvalue weighted by atomic mass is 16.3. The van der Waals surface area contributed by atoms with Crippen molar-refractivity contribution >= 4 is 16.9 Å². The largest absolute Gasteiger partial charge is 0.463 e. The van der Waals surface area contributed by atoms with Crippen LogP contribution in [0.25, 0.3) is 11.0 Å². The zero-order valence-electron chi connectivity index (χ0n) is 8.41. The fourth-order valence-electron chi connectivity index (χ4n) is 1.41. The number of nitrogens with one attached hydrogen (secondary N) is 1. The summed E-state index contributed by atoms with van der Waals surface area (Å²) in [6.45, 7) is 5.36. The second-order valence-corrected chi connectivity index (χ2v) is 3.38. The Morgan fingerprint density at radius 3 is 2.87 bits per heavy atom. The molecule has 0 fully saturated rings. The van der Waals surface area contributed by atoms with E-state index in [1.54, 1.807) is 6.92 Å². The van der Waals surface area contributed by atoms with E-state index in [0.29, 0.717) is 16.8 Å². The number of allylic oxidation sites excluding steroid dienone is 1. The standard InChI is InChI=1S/C12H11NO2/c1-8(2)13-12(14)10-7-15-11-6-4-3-5-9(10)11/h3-7H,1H2,2H3,(H,13,14). The minimum atomic E-state index is -0.188. The van der Waals surface area contributed by atoms with E-state index >= 15 is 0 Å². The molecule has 0 bridgehead atoms. The van der Waals surface area contributed by atoms with Crippen LogP contribution < -0.4 is 5.32 Å². The Morgan fingerprint density at radius 2 is 2.13 bits per heavy atom. The summed E-state index contributed by atoms with van der Waals surface area (Å²) in [5.74, 6) is -0.188. The minimum Gasteiger partial charge on any atom is -0.463 e. The van der Waals surface area contributed by atoms with E-state index in [-0.39, 0.29) is 5.91 Å². The van der Waals surface area contributed by atoms with Gasteiger partial charge < -0.3 is 9.73 Å². The van der Waals surface area contributed by atoms with Crippen molar-refractivity contribution in [1.29, 1.82) is 0 Å². The van der Waals surface area contributed by atoms with Gasteiger partial charge in [-0.2, -0.15) is 0 Å². The summed E-state index contributed by atoms with van der Waals surface area (Å²) in [5, 5.41) is 3.46. The van der Waals surface area contributed by atoms with Crippen LogP contribution in [-0.2, 0) is 0 Å². The molecule has 15 heavy (non-hydrogen) atoms. The molecule has 0 saturated heterocycles. The molecule has 0 saturated carbocycles. The van der Waals surface area contributed by atoms with Crippen molar-refractivity contribution in [3.05, 3.63) is 48.4 Å². The first-order chi connectivity index (χ1) is 7.18. The molecule has 0 atom stereocenters. The lowest BCUT2D eigenvalue weighted by Gasteiger charge is -2.00. The van der Waals surface area contributed by atoms with Crippen LogP contribution in [0.2, 0.25) is 0 Å². The smallest absolute Gasteiger partial charge is 0.259 e. The van der Waals surface area contributed by atoms with Crippen molar-refractivity contribution in [1.82, 2.24) is 5.32 Å². The Bertz CT molecular complexity index is 525. The summed E-state index contributed by atoms with van der Waals surface area (Å²) in [7, 11) is 0. The Labute approximate surface area is 87.4 Å². The maximum Gasteiger partial charge on any atom is 0.259 e. The second-order valence-electron chi connectivity index (χ2n) is 3.38. The van der Waals surface area contributed by atoms with Crippen LogP contribution in [-0.4, -0.2) is 5.91 Å². The average Bonchev–Trinajstić information content (AvgIpc) is 2.59. The SMILES string of the molecule is C=C(C)NC(=O)c1coc2ccccc12. The third-order valence-electron chi connectivity index (χ3n) is 2.05. The van der Waals surface area contributed by atoms with Crippen LogP contribution >= 0.6 is 0 Å². The first-order valence-corrected chi connectivity index (χ1v) is 4.61. The monoisotopic (exact) mass is 201 g/mol. The number of carbonyl (C=O) groups excluding carboxylic acids is 1. The van der Waals surface area contributed by atoms with Crippen molar-refractivity contribution in [2.24, 2.45) is 0 Å². The summed E-state index contributed by atoms with van der Waals surface area (Å²) in [6, 6.07) is 7.42. The summed E-state index contributed by atoms with van der Waals surface area (Å²) < 4.78 is 5.26. The molecule has 2 aromatic rings. The topological polar surface area (TPSA) is 42.2 Å². The van der Waals surface area contributed by atoms with Gasteiger partial charge in [-0.05, 0) is 13.0 Å². The Hall–Kier alpha value is -2.03. The maximum atomic E-state index is 11.7. The van der Waals surface area contributed by atoms with E-state index in [1.165, 1.54) is 6.26 Å². The molecule has 2 rings (SSSR count). The van der Waals surface area contributed by atoms with Crippen LogP contribution in [0.15, 0.2) is 47.2 Å². The molecule has 1 amide bonds. The summed E-state index contributed by atoms with van der Waals surface area (Å²) in [5.41, 5.74) is 1.86. The molecule has 1 heterocycles. The molecule has 0 aliphatic heterocycles. The normalized spacial score (nSPS) is 10.2. The fourth-order valence-corrected chi connectivity index (χ4v) is 1.41. The highest BCUT2D eigenvalue weighted by molar-refractivity contribution is 6.06. The molecule has 1 N–H and O–H groups in total. The maximum absolute atomic E-state index is 11.7. The van der Waals surface area contributed by atoms with E-state index in [0.717, 1.165) is 5.39 Å². The van der Waals surface area contributed by atoms with Gasteiger partial charge in [-0.25, -0.2) is 0 Å². The second kappa shape index (κ2) is 3.61. The van der Waals surface area contributed by atoms with E-state index in [9.17, 15) is 4.79 Å². The Balaban J connectivity index is 2.44. The Morgan fingerprint density at radius 1 is 1.40 bits per heavy atom. The first-order valence-electron chi connectivity index (χ1n) is 4.61. The van der Waals surface area contributed by atoms with Gasteiger partial charge in [-0.15, -0.1) is 0 Å². The number of amides is 1. The van der Waals surface area contributed by atoms with Crippen molar-refractivity contribution in [2.75, 3.05) is 0 Å². The molecule has 0 aliphatic carbocycles. The molecule has 0 radical (unpaired) electrons. The number of carbonyl (C=O) groups is 1. The molecule has 76 valence electrons. The van der Waals surface area contributed by atoms with E-state index in [2.05, 4.69) is 11.9 Å². The van der Waals surface area contributed by atoms with Crippen LogP contribution in [0.1, 0.15) is 17.3 Å². The van der Waals surface area contributed by atoms with Gasteiger partial charge in [0.05, 0.1) is 5.56 Å². The number of furan rings is 1. The van der Waals surface area contributed by atoms with E-state index < -0.39 is 0 Å². The average molecular weight is 201 g/mol. The highest BCUT2D eigenvalue weighted by Gasteiger charge is 2.12. The fraction of sp³-hybridized carbons (Fsp3) is 0.0833. The molecule has 1 aromatic heterocycles. The third-order valence-corrected chi connectivity index (χ3v) is 2.05. The minimum absolute atomic E-state index is 0.188. The molecule has 3 nitrogen and oxygen atoms in total. The van der Waals surface area contributed by atoms with Crippen LogP contribution in [0.3, 0.4) is 0 Å². The van der Waals surface area contributed by atoms with Gasteiger partial charge in [0, 0.05) is 11.1 Å². The van der Waals surface area contributed by atoms with Crippen molar-refractivity contribution in [2.45, 2.75) is 6.92 Å². The van der Waals surface area contributed by atoms with E-state index in [4.69, 9.17) is 4.42 Å². The molecule has 0 aliphatic rings. The first kappa shape index (κ1) is 9.52. The van der Waals surface area contributed by atoms with Crippen LogP contribution in [0.5, 0.6) is 0 Å². The Kier molecular flexibility index (Phi) is 2.29. The lowest BCUT2D eigenvalue weighted by atomic mass is 10.1. The predicted octanol–water partition coefficient (Wildman–Crippen LogP) is 2.70. The highest BCUT2D eigenvalue weighted by Crippen LogP contribution is 2.20. The number of fused-ring (bicyclic) bond motifs is 1. The van der Waals surface area contributed by atoms with Crippen molar-refractivity contribution in [3.8, 4) is 0 Å². The van der Waals surface area contributed by atoms with Gasteiger partial charge in [-0.3, -0.25) is 4.79 Å². The zero-order valence-corrected chi connectivity index (χ0v) is 8.41. The third kappa shape index (κ3) is 1.76. The van der Waals surface area contributed by atoms with Crippen LogP contribution in [0.4, 0.5) is 0 Å². The molecule has 0 unspecified atom stereocenters.